The van der Waals surface area contributed by atoms with Crippen LogP contribution in [0.1, 0.15) is 34.6 Å². The molecule has 0 bridgehead atoms. The molecule has 0 N–H and O–H groups in total. The summed E-state index contributed by atoms with van der Waals surface area (Å²) in [5.41, 5.74) is 2.77. The summed E-state index contributed by atoms with van der Waals surface area (Å²) in [5, 5.41) is 0. The molecule has 0 aliphatic carbocycles. The van der Waals surface area contributed by atoms with E-state index in [0.717, 1.165) is 56.0 Å². The maximum Gasteiger partial charge on any atom is 0.253 e. The first kappa shape index (κ1) is 22.0. The number of aromatic nitrogens is 2. The van der Waals surface area contributed by atoms with Gasteiger partial charge in [-0.25, -0.2) is 0 Å². The van der Waals surface area contributed by atoms with E-state index in [1.807, 2.05) is 67.8 Å². The molecule has 2 aromatic heterocycles. The summed E-state index contributed by atoms with van der Waals surface area (Å²) in [4.78, 5) is 25.6. The highest BCUT2D eigenvalue weighted by molar-refractivity contribution is 5.94. The first-order valence-corrected chi connectivity index (χ1v) is 11.2. The van der Waals surface area contributed by atoms with Crippen LogP contribution in [-0.2, 0) is 13.0 Å². The van der Waals surface area contributed by atoms with Crippen molar-refractivity contribution >= 4 is 5.91 Å². The van der Waals surface area contributed by atoms with E-state index < -0.39 is 0 Å². The standard InChI is InChI=1S/C26H30N4O2/c1-29(17-12-22-6-2-4-15-27-22)26(31)21-8-10-24(11-9-21)32-25-13-18-30(19-14-25)20-23-7-3-5-16-28-23/h2-11,15-16,25H,12-14,17-20H2,1H3. The summed E-state index contributed by atoms with van der Waals surface area (Å²) in [6.45, 7) is 3.52. The van der Waals surface area contributed by atoms with E-state index in [1.54, 1.807) is 11.1 Å². The Hall–Kier alpha value is -3.25. The molecule has 166 valence electrons. The molecule has 1 fully saturated rings. The second-order valence-corrected chi connectivity index (χ2v) is 8.24. The Labute approximate surface area is 189 Å². The Kier molecular flexibility index (Phi) is 7.46. The second-order valence-electron chi connectivity index (χ2n) is 8.24. The summed E-state index contributed by atoms with van der Waals surface area (Å²) in [7, 11) is 1.83. The van der Waals surface area contributed by atoms with E-state index in [0.29, 0.717) is 12.1 Å². The first-order chi connectivity index (χ1) is 15.7. The van der Waals surface area contributed by atoms with E-state index >= 15 is 0 Å². The number of hydrogen-bond donors (Lipinski definition) is 0. The minimum absolute atomic E-state index is 0.00955. The van der Waals surface area contributed by atoms with Crippen molar-refractivity contribution in [1.82, 2.24) is 19.8 Å². The van der Waals surface area contributed by atoms with Crippen LogP contribution in [0.4, 0.5) is 0 Å². The molecule has 6 nitrogen and oxygen atoms in total. The van der Waals surface area contributed by atoms with Gasteiger partial charge in [-0.3, -0.25) is 19.7 Å². The zero-order chi connectivity index (χ0) is 22.2. The molecule has 3 aromatic rings. The molecule has 32 heavy (non-hydrogen) atoms. The Morgan fingerprint density at radius 2 is 1.62 bits per heavy atom. The first-order valence-electron chi connectivity index (χ1n) is 11.2. The van der Waals surface area contributed by atoms with Gasteiger partial charge in [0.2, 0.25) is 0 Å². The SMILES string of the molecule is CN(CCc1ccccn1)C(=O)c1ccc(OC2CCN(Cc3ccccn3)CC2)cc1. The largest absolute Gasteiger partial charge is 0.490 e. The number of carbonyl (C=O) groups excluding carboxylic acids is 1. The number of hydrogen-bond acceptors (Lipinski definition) is 5. The fraction of sp³-hybridized carbons (Fsp3) is 0.346. The van der Waals surface area contributed by atoms with Crippen LogP contribution in [-0.4, -0.2) is 58.5 Å². The monoisotopic (exact) mass is 430 g/mol. The van der Waals surface area contributed by atoms with Gasteiger partial charge in [-0.15, -0.1) is 0 Å². The molecule has 1 saturated heterocycles. The average Bonchev–Trinajstić information content (AvgIpc) is 2.85. The Bertz CT molecular complexity index is 972. The number of amides is 1. The maximum atomic E-state index is 12.7. The van der Waals surface area contributed by atoms with Crippen LogP contribution in [0.3, 0.4) is 0 Å². The molecule has 1 aromatic carbocycles. The summed E-state index contributed by atoms with van der Waals surface area (Å²) in [6.07, 6.45) is 6.55. The van der Waals surface area contributed by atoms with Crippen molar-refractivity contribution in [3.8, 4) is 5.75 Å². The summed E-state index contributed by atoms with van der Waals surface area (Å²) >= 11 is 0. The minimum Gasteiger partial charge on any atom is -0.490 e. The van der Waals surface area contributed by atoms with Crippen molar-refractivity contribution in [2.45, 2.75) is 31.9 Å². The number of ether oxygens (including phenoxy) is 1. The molecule has 1 aliphatic heterocycles. The van der Waals surface area contributed by atoms with Crippen LogP contribution in [0.25, 0.3) is 0 Å². The van der Waals surface area contributed by atoms with E-state index in [4.69, 9.17) is 4.74 Å². The quantitative estimate of drug-likeness (QED) is 0.544. The number of pyridine rings is 2. The van der Waals surface area contributed by atoms with E-state index in [9.17, 15) is 4.79 Å². The highest BCUT2D eigenvalue weighted by Gasteiger charge is 2.21. The van der Waals surface area contributed by atoms with Crippen LogP contribution in [0.15, 0.2) is 73.1 Å². The third-order valence-corrected chi connectivity index (χ3v) is 5.83. The molecular weight excluding hydrogens is 400 g/mol. The molecule has 3 heterocycles. The van der Waals surface area contributed by atoms with Crippen LogP contribution < -0.4 is 4.74 Å². The van der Waals surface area contributed by atoms with Crippen LogP contribution in [0, 0.1) is 0 Å². The van der Waals surface area contributed by atoms with Gasteiger partial charge in [-0.2, -0.15) is 0 Å². The molecule has 0 radical (unpaired) electrons. The zero-order valence-electron chi connectivity index (χ0n) is 18.6. The Morgan fingerprint density at radius 3 is 2.25 bits per heavy atom. The predicted octanol–water partition coefficient (Wildman–Crippen LogP) is 3.83. The van der Waals surface area contributed by atoms with Gasteiger partial charge < -0.3 is 9.64 Å². The van der Waals surface area contributed by atoms with Crippen molar-refractivity contribution in [2.75, 3.05) is 26.7 Å². The van der Waals surface area contributed by atoms with Crippen molar-refractivity contribution in [2.24, 2.45) is 0 Å². The molecule has 4 rings (SSSR count). The molecule has 6 heteroatoms. The van der Waals surface area contributed by atoms with Gasteiger partial charge in [0, 0.05) is 63.3 Å². The Morgan fingerprint density at radius 1 is 0.969 bits per heavy atom. The van der Waals surface area contributed by atoms with Crippen LogP contribution >= 0.6 is 0 Å². The molecule has 1 aliphatic rings. The number of piperidine rings is 1. The van der Waals surface area contributed by atoms with Crippen molar-refractivity contribution in [1.29, 1.82) is 0 Å². The normalized spacial score (nSPS) is 14.8. The third-order valence-electron chi connectivity index (χ3n) is 5.83. The number of likely N-dealkylation sites (tertiary alicyclic amines) is 1. The highest BCUT2D eigenvalue weighted by Crippen LogP contribution is 2.21. The minimum atomic E-state index is 0.00955. The number of benzene rings is 1. The second kappa shape index (κ2) is 10.9. The topological polar surface area (TPSA) is 58.6 Å². The van der Waals surface area contributed by atoms with Crippen LogP contribution in [0.2, 0.25) is 0 Å². The summed E-state index contributed by atoms with van der Waals surface area (Å²) in [6, 6.07) is 19.4. The predicted molar refractivity (Wildman–Crippen MR) is 125 cm³/mol. The van der Waals surface area contributed by atoms with Gasteiger partial charge in [0.15, 0.2) is 0 Å². The molecule has 0 unspecified atom stereocenters. The van der Waals surface area contributed by atoms with Crippen molar-refractivity contribution in [3.63, 3.8) is 0 Å². The van der Waals surface area contributed by atoms with Gasteiger partial charge in [0.1, 0.15) is 11.9 Å². The molecule has 1 amide bonds. The fourth-order valence-corrected chi connectivity index (χ4v) is 3.92. The van der Waals surface area contributed by atoms with E-state index in [-0.39, 0.29) is 12.0 Å². The maximum absolute atomic E-state index is 12.7. The number of likely N-dealkylation sites (N-methyl/N-ethyl adjacent to an activating group) is 1. The lowest BCUT2D eigenvalue weighted by molar-refractivity contribution is 0.0796. The summed E-state index contributed by atoms with van der Waals surface area (Å²) in [5.74, 6) is 0.830. The molecule has 0 spiro atoms. The number of nitrogens with zero attached hydrogens (tertiary/aromatic N) is 4. The van der Waals surface area contributed by atoms with Gasteiger partial charge in [-0.1, -0.05) is 12.1 Å². The summed E-state index contributed by atoms with van der Waals surface area (Å²) < 4.78 is 6.18. The zero-order valence-corrected chi connectivity index (χ0v) is 18.6. The molecular formula is C26H30N4O2. The molecule has 0 atom stereocenters. The van der Waals surface area contributed by atoms with Crippen molar-refractivity contribution in [3.05, 3.63) is 90.0 Å². The molecule has 0 saturated carbocycles. The lowest BCUT2D eigenvalue weighted by atomic mass is 10.1. The van der Waals surface area contributed by atoms with Crippen LogP contribution in [0.5, 0.6) is 5.75 Å². The fourth-order valence-electron chi connectivity index (χ4n) is 3.92. The third kappa shape index (κ3) is 6.14. The van der Waals surface area contributed by atoms with Gasteiger partial charge >= 0.3 is 0 Å². The average molecular weight is 431 g/mol. The van der Waals surface area contributed by atoms with E-state index in [1.165, 1.54) is 0 Å². The van der Waals surface area contributed by atoms with Gasteiger partial charge in [0.25, 0.3) is 5.91 Å². The lowest BCUT2D eigenvalue weighted by Crippen LogP contribution is -2.37. The van der Waals surface area contributed by atoms with Gasteiger partial charge in [0.05, 0.1) is 5.69 Å². The Balaban J connectivity index is 1.22. The van der Waals surface area contributed by atoms with E-state index in [2.05, 4.69) is 20.9 Å². The smallest absolute Gasteiger partial charge is 0.253 e. The lowest BCUT2D eigenvalue weighted by Gasteiger charge is -2.31. The van der Waals surface area contributed by atoms with Crippen molar-refractivity contribution < 1.29 is 9.53 Å². The highest BCUT2D eigenvalue weighted by atomic mass is 16.5. The number of rotatable bonds is 8. The number of carbonyl (C=O) groups is 1. The van der Waals surface area contributed by atoms with Gasteiger partial charge in [-0.05, 0) is 61.4 Å².